The van der Waals surface area contributed by atoms with Crippen molar-refractivity contribution in [3.8, 4) is 0 Å². The quantitative estimate of drug-likeness (QED) is 0.325. The van der Waals surface area contributed by atoms with Crippen LogP contribution in [0.2, 0.25) is 0 Å². The van der Waals surface area contributed by atoms with Crippen molar-refractivity contribution in [1.82, 2.24) is 4.90 Å². The van der Waals surface area contributed by atoms with E-state index in [2.05, 4.69) is 39.5 Å². The van der Waals surface area contributed by atoms with Crippen molar-refractivity contribution in [3.05, 3.63) is 18.1 Å². The van der Waals surface area contributed by atoms with Crippen LogP contribution in [0.25, 0.3) is 0 Å². The second kappa shape index (κ2) is 11.6. The van der Waals surface area contributed by atoms with Gasteiger partial charge in [0.2, 0.25) is 5.91 Å². The summed E-state index contributed by atoms with van der Waals surface area (Å²) in [5.41, 5.74) is 3.94. The summed E-state index contributed by atoms with van der Waals surface area (Å²) in [7, 11) is 0. The van der Waals surface area contributed by atoms with Crippen molar-refractivity contribution in [2.45, 2.75) is 150 Å². The predicted molar refractivity (Wildman–Crippen MR) is 181 cm³/mol. The minimum absolute atomic E-state index is 0.0558. The van der Waals surface area contributed by atoms with Crippen LogP contribution in [0.15, 0.2) is 0 Å². The van der Waals surface area contributed by atoms with Crippen LogP contribution in [0, 0.1) is 63.0 Å². The van der Waals surface area contributed by atoms with Gasteiger partial charge in [-0.2, -0.15) is 0 Å². The second-order valence-corrected chi connectivity index (χ2v) is 18.6. The molecule has 10 heteroatoms. The molecule has 7 rings (SSSR count). The maximum Gasteiger partial charge on any atom is 0.303 e. The average molecular weight is 686 g/mol. The van der Waals surface area contributed by atoms with E-state index in [1.54, 1.807) is 19.8 Å². The van der Waals surface area contributed by atoms with E-state index in [1.165, 1.54) is 13.3 Å². The lowest BCUT2D eigenvalue weighted by Gasteiger charge is -2.63. The minimum atomic E-state index is -1.32. The number of amides is 1. The molecule has 5 saturated carbocycles. The number of hydrogen-bond donors (Lipinski definition) is 3. The van der Waals surface area contributed by atoms with E-state index >= 15 is 0 Å². The van der Waals surface area contributed by atoms with E-state index in [0.29, 0.717) is 44.2 Å². The highest BCUT2D eigenvalue weighted by Crippen LogP contribution is 2.90. The van der Waals surface area contributed by atoms with Gasteiger partial charge in [-0.3, -0.25) is 14.5 Å². The maximum absolute atomic E-state index is 12.5. The van der Waals surface area contributed by atoms with Crippen LogP contribution >= 0.6 is 0 Å². The van der Waals surface area contributed by atoms with Gasteiger partial charge in [0.25, 0.3) is 0 Å². The minimum Gasteiger partial charge on any atom is -0.456 e. The van der Waals surface area contributed by atoms with Gasteiger partial charge in [-0.1, -0.05) is 34.6 Å². The Bertz CT molecular complexity index is 1330. The molecule has 0 aromatic heterocycles. The molecule has 2 heterocycles. The van der Waals surface area contributed by atoms with Gasteiger partial charge in [-0.05, 0) is 112 Å². The summed E-state index contributed by atoms with van der Waals surface area (Å²) in [4.78, 5) is 26.0. The summed E-state index contributed by atoms with van der Waals surface area (Å²) in [5, 5.41) is 23.5. The van der Waals surface area contributed by atoms with Crippen molar-refractivity contribution in [2.24, 2.45) is 50.6 Å². The maximum atomic E-state index is 12.5. The molecule has 0 aromatic rings. The van der Waals surface area contributed by atoms with Crippen molar-refractivity contribution in [3.63, 3.8) is 0 Å². The van der Waals surface area contributed by atoms with Gasteiger partial charge in [0.05, 0.1) is 37.0 Å². The van der Waals surface area contributed by atoms with Crippen LogP contribution in [0.3, 0.4) is 0 Å². The molecule has 3 radical (unpaired) electrons. The topological polar surface area (TPSA) is 141 Å². The van der Waals surface area contributed by atoms with Crippen LogP contribution in [0.1, 0.15) is 114 Å². The predicted octanol–water partition coefficient (Wildman–Crippen LogP) is 4.70. The molecule has 10 nitrogen and oxygen atoms in total. The van der Waals surface area contributed by atoms with Gasteiger partial charge in [0.15, 0.2) is 12.4 Å². The van der Waals surface area contributed by atoms with Crippen molar-refractivity contribution in [1.29, 1.82) is 0 Å². The Morgan fingerprint density at radius 3 is 2.49 bits per heavy atom. The Morgan fingerprint density at radius 2 is 1.84 bits per heavy atom. The Morgan fingerprint density at radius 1 is 1.12 bits per heavy atom. The Balaban J connectivity index is 1.12. The molecular weight excluding hydrogens is 624 g/mol. The highest BCUT2D eigenvalue weighted by atomic mass is 16.7. The molecule has 7 aliphatic rings. The first-order valence-electron chi connectivity index (χ1n) is 18.9. The highest BCUT2D eigenvalue weighted by molar-refractivity contribution is 5.79. The molecule has 4 N–H and O–H groups in total. The number of nitrogens with two attached hydrogens (primary N) is 1. The van der Waals surface area contributed by atoms with Gasteiger partial charge >= 0.3 is 5.97 Å². The number of nitrogens with zero attached hydrogens (tertiary/aromatic N) is 1. The van der Waals surface area contributed by atoms with E-state index in [4.69, 9.17) is 24.7 Å². The number of ether oxygens (including phenoxy) is 4. The fraction of sp³-hybridized carbons (Fsp3) is 0.872. The summed E-state index contributed by atoms with van der Waals surface area (Å²) >= 11 is 0. The molecule has 1 unspecified atom stereocenters. The number of carbonyl (C=O) groups excluding carboxylic acids is 2. The Hall–Kier alpha value is -1.30. The third-order valence-electron chi connectivity index (χ3n) is 15.5. The number of morpholine rings is 1. The van der Waals surface area contributed by atoms with Crippen molar-refractivity contribution in [2.75, 3.05) is 19.7 Å². The monoisotopic (exact) mass is 685 g/mol. The van der Waals surface area contributed by atoms with Crippen molar-refractivity contribution >= 4 is 11.9 Å². The zero-order valence-electron chi connectivity index (χ0n) is 31.3. The number of carbonyl (C=O) groups is 2. The Labute approximate surface area is 293 Å². The number of esters is 1. The lowest BCUT2D eigenvalue weighted by atomic mass is 9.41. The lowest BCUT2D eigenvalue weighted by molar-refractivity contribution is -0.245. The zero-order valence-corrected chi connectivity index (χ0v) is 31.3. The molecule has 2 spiro atoms. The van der Waals surface area contributed by atoms with E-state index < -0.39 is 29.2 Å². The van der Waals surface area contributed by atoms with Crippen LogP contribution in [0.4, 0.5) is 0 Å². The highest BCUT2D eigenvalue weighted by Gasteiger charge is 2.85. The lowest BCUT2D eigenvalue weighted by Crippen LogP contribution is -2.59. The van der Waals surface area contributed by atoms with E-state index in [-0.39, 0.29) is 57.8 Å². The van der Waals surface area contributed by atoms with Gasteiger partial charge in [-0.15, -0.1) is 0 Å². The number of hydrogen-bond acceptors (Lipinski definition) is 9. The molecule has 0 bridgehead atoms. The third-order valence-corrected chi connectivity index (χ3v) is 15.5. The first kappa shape index (κ1) is 36.1. The molecule has 1 amide bonds. The van der Waals surface area contributed by atoms with Crippen LogP contribution < -0.4 is 5.73 Å². The Kier molecular flexibility index (Phi) is 8.54. The van der Waals surface area contributed by atoms with Crippen LogP contribution in [-0.2, 0) is 28.5 Å². The van der Waals surface area contributed by atoms with Gasteiger partial charge in [-0.25, -0.2) is 0 Å². The molecule has 12 atom stereocenters. The standard InChI is InChI=1S/C39H61N2O8/c1-21-18-24(32(35(6,7)45)47-23(3)42)48-30-29(21)36(8)14-15-39-20-38(39)13-12-27(49-28-19-41(16-17-46-28)22(2)33(40)44)34(4,5)25(38)10-11-26(39)37(36,9)31(30)43/h21-22,25,27-29,31-32,43,45H,10-20H2,1-9H3,(H2,40,44)/t21-,22+,25+,27?,28+,29+,31+,32+,36-,37-,38-,39+/m1/s1. The number of fused-ring (bicyclic) bond motifs is 4. The van der Waals surface area contributed by atoms with Crippen LogP contribution in [-0.4, -0.2) is 82.9 Å². The largest absolute Gasteiger partial charge is 0.456 e. The SMILES string of the molecule is CC(=O)O[C@@H]([C]1C[C@@H](C)[C@H]2[C](O1)[C@H](O)[C@@]1(C)[C]3CC[C@H]4C(C)(C)C(O[C@H]5CN([C@@H](C)C(N)=O)CCO5)CC[C@@]45C[C@@]35CC[C@]21C)C(C)(C)O. The summed E-state index contributed by atoms with van der Waals surface area (Å²) in [6, 6.07) is -0.350. The molecule has 275 valence electrons. The number of rotatable bonds is 7. The van der Waals surface area contributed by atoms with E-state index in [0.717, 1.165) is 38.5 Å². The molecule has 0 aromatic carbocycles. The number of aliphatic hydroxyl groups is 2. The average Bonchev–Trinajstić information content (AvgIpc) is 3.65. The smallest absolute Gasteiger partial charge is 0.303 e. The van der Waals surface area contributed by atoms with Gasteiger partial charge in [0, 0.05) is 24.8 Å². The van der Waals surface area contributed by atoms with Gasteiger partial charge in [0.1, 0.15) is 12.2 Å². The number of primary amides is 1. The van der Waals surface area contributed by atoms with Crippen molar-refractivity contribution < 1.29 is 38.7 Å². The third kappa shape index (κ3) is 4.99. The molecule has 2 aliphatic heterocycles. The second-order valence-electron chi connectivity index (χ2n) is 18.6. The van der Waals surface area contributed by atoms with E-state index in [9.17, 15) is 19.8 Å². The summed E-state index contributed by atoms with van der Waals surface area (Å²) in [5.74, 6) is 1.49. The fourth-order valence-electron chi connectivity index (χ4n) is 13.0. The molecule has 5 aliphatic carbocycles. The molecular formula is C39H61N2O8. The molecule has 49 heavy (non-hydrogen) atoms. The molecule has 7 fully saturated rings. The fourth-order valence-corrected chi connectivity index (χ4v) is 13.0. The summed E-state index contributed by atoms with van der Waals surface area (Å²) in [6.45, 7) is 19.9. The first-order valence-corrected chi connectivity index (χ1v) is 18.9. The zero-order chi connectivity index (χ0) is 35.7. The van der Waals surface area contributed by atoms with E-state index in [1.807, 2.05) is 6.92 Å². The normalized spacial score (nSPS) is 46.8. The summed E-state index contributed by atoms with van der Waals surface area (Å²) < 4.78 is 25.2. The summed E-state index contributed by atoms with van der Waals surface area (Å²) in [6.07, 6.45) is 7.26. The molecule has 2 saturated heterocycles. The van der Waals surface area contributed by atoms with Gasteiger partial charge < -0.3 is 34.9 Å². The van der Waals surface area contributed by atoms with Crippen LogP contribution in [0.5, 0.6) is 0 Å². The number of aliphatic hydroxyl groups excluding tert-OH is 1. The first-order chi connectivity index (χ1) is 22.7.